The highest BCUT2D eigenvalue weighted by Gasteiger charge is 2.39. The van der Waals surface area contributed by atoms with Crippen molar-refractivity contribution in [1.82, 2.24) is 5.32 Å². The second kappa shape index (κ2) is 9.03. The number of ketones is 1. The predicted octanol–water partition coefficient (Wildman–Crippen LogP) is 4.47. The zero-order valence-electron chi connectivity index (χ0n) is 16.9. The number of aromatic hydroxyl groups is 1. The molecule has 0 amide bonds. The number of nitrogens with one attached hydrogen (secondary N) is 1. The summed E-state index contributed by atoms with van der Waals surface area (Å²) in [6, 6.07) is 3.40. The zero-order valence-corrected chi connectivity index (χ0v) is 18.5. The minimum absolute atomic E-state index is 0.0258. The number of phenols is 1. The normalized spacial score (nSPS) is 19.0. The zero-order chi connectivity index (χ0) is 21.1. The third-order valence-corrected chi connectivity index (χ3v) is 5.94. The molecule has 0 saturated carbocycles. The number of benzene rings is 1. The van der Waals surface area contributed by atoms with Gasteiger partial charge in [0.25, 0.3) is 0 Å². The Labute approximate surface area is 179 Å². The highest BCUT2D eigenvalue weighted by molar-refractivity contribution is 9.10. The summed E-state index contributed by atoms with van der Waals surface area (Å²) < 4.78 is 11.2. The van der Waals surface area contributed by atoms with Crippen LogP contribution >= 0.6 is 15.9 Å². The lowest BCUT2D eigenvalue weighted by atomic mass is 9.75. The SMILES string of the molecule is CCCCOC(=O)C1=C(C)NC2=C(C(=O)CCC2)C1c1cc(Br)c(O)c(OC)c1. The van der Waals surface area contributed by atoms with Gasteiger partial charge >= 0.3 is 5.97 Å². The number of allylic oxidation sites excluding steroid dienone is 3. The fourth-order valence-electron chi connectivity index (χ4n) is 3.89. The monoisotopic (exact) mass is 463 g/mol. The van der Waals surface area contributed by atoms with Crippen LogP contribution < -0.4 is 10.1 Å². The number of esters is 1. The quantitative estimate of drug-likeness (QED) is 0.477. The predicted molar refractivity (Wildman–Crippen MR) is 113 cm³/mol. The number of rotatable bonds is 6. The molecule has 0 spiro atoms. The standard InChI is InChI=1S/C22H26BrNO5/c1-4-5-9-29-22(27)18-12(2)24-15-7-6-8-16(25)20(15)19(18)13-10-14(23)21(26)17(11-13)28-3/h10-11,19,24,26H,4-9H2,1-3H3. The summed E-state index contributed by atoms with van der Waals surface area (Å²) in [4.78, 5) is 25.9. The maximum absolute atomic E-state index is 13.0. The maximum atomic E-state index is 13.0. The molecule has 0 fully saturated rings. The molecule has 0 radical (unpaired) electrons. The van der Waals surface area contributed by atoms with Gasteiger partial charge < -0.3 is 19.9 Å². The summed E-state index contributed by atoms with van der Waals surface area (Å²) in [7, 11) is 1.46. The van der Waals surface area contributed by atoms with Crippen LogP contribution in [0.15, 0.2) is 39.1 Å². The van der Waals surface area contributed by atoms with Crippen molar-refractivity contribution < 1.29 is 24.2 Å². The second-order valence-electron chi connectivity index (χ2n) is 7.31. The molecule has 1 atom stereocenters. The Bertz CT molecular complexity index is 903. The molecule has 1 aromatic rings. The summed E-state index contributed by atoms with van der Waals surface area (Å²) in [5.74, 6) is -0.726. The lowest BCUT2D eigenvalue weighted by Crippen LogP contribution is -2.34. The largest absolute Gasteiger partial charge is 0.503 e. The number of phenolic OH excluding ortho intramolecular Hbond substituents is 1. The van der Waals surface area contributed by atoms with E-state index in [4.69, 9.17) is 9.47 Å². The van der Waals surface area contributed by atoms with Gasteiger partial charge in [0, 0.05) is 29.3 Å². The number of hydrogen-bond donors (Lipinski definition) is 2. The first-order valence-corrected chi connectivity index (χ1v) is 10.7. The Kier molecular flexibility index (Phi) is 6.67. The van der Waals surface area contributed by atoms with Crippen molar-refractivity contribution in [2.24, 2.45) is 0 Å². The van der Waals surface area contributed by atoms with Crippen LogP contribution in [0.3, 0.4) is 0 Å². The van der Waals surface area contributed by atoms with Crippen LogP contribution in [0.4, 0.5) is 0 Å². The molecule has 2 N–H and O–H groups in total. The molecule has 0 aromatic heterocycles. The van der Waals surface area contributed by atoms with Crippen LogP contribution in [0.25, 0.3) is 0 Å². The van der Waals surface area contributed by atoms with E-state index in [1.54, 1.807) is 12.1 Å². The lowest BCUT2D eigenvalue weighted by molar-refractivity contribution is -0.139. The van der Waals surface area contributed by atoms with Crippen molar-refractivity contribution in [3.05, 3.63) is 44.7 Å². The number of carbonyl (C=O) groups is 2. The number of Topliss-reactive ketones (excluding diaryl/α,β-unsaturated/α-hetero) is 1. The molecule has 1 heterocycles. The smallest absolute Gasteiger partial charge is 0.336 e. The highest BCUT2D eigenvalue weighted by atomic mass is 79.9. The fraction of sp³-hybridized carbons (Fsp3) is 0.455. The Morgan fingerprint density at radius 1 is 1.34 bits per heavy atom. The molecule has 0 saturated heterocycles. The topological polar surface area (TPSA) is 84.9 Å². The van der Waals surface area contributed by atoms with Crippen LogP contribution in [-0.2, 0) is 14.3 Å². The van der Waals surface area contributed by atoms with Gasteiger partial charge in [-0.05, 0) is 59.8 Å². The molecule has 3 rings (SSSR count). The van der Waals surface area contributed by atoms with E-state index in [9.17, 15) is 14.7 Å². The first kappa shape index (κ1) is 21.4. The Morgan fingerprint density at radius 2 is 2.10 bits per heavy atom. The third-order valence-electron chi connectivity index (χ3n) is 5.33. The molecule has 156 valence electrons. The molecule has 0 bridgehead atoms. The Balaban J connectivity index is 2.13. The van der Waals surface area contributed by atoms with Crippen molar-refractivity contribution in [2.75, 3.05) is 13.7 Å². The van der Waals surface area contributed by atoms with Gasteiger partial charge in [0.1, 0.15) is 0 Å². The van der Waals surface area contributed by atoms with Crippen LogP contribution in [0.1, 0.15) is 57.4 Å². The minimum Gasteiger partial charge on any atom is -0.503 e. The maximum Gasteiger partial charge on any atom is 0.336 e. The molecule has 29 heavy (non-hydrogen) atoms. The van der Waals surface area contributed by atoms with E-state index in [2.05, 4.69) is 21.2 Å². The van der Waals surface area contributed by atoms with Gasteiger partial charge in [-0.1, -0.05) is 13.3 Å². The number of halogens is 1. The van der Waals surface area contributed by atoms with Crippen molar-refractivity contribution in [2.45, 2.75) is 51.9 Å². The number of hydrogen-bond acceptors (Lipinski definition) is 6. The lowest BCUT2D eigenvalue weighted by Gasteiger charge is -2.34. The number of carbonyl (C=O) groups excluding carboxylic acids is 2. The number of unbranched alkanes of at least 4 members (excludes halogenated alkanes) is 1. The van der Waals surface area contributed by atoms with Gasteiger partial charge in [-0.3, -0.25) is 4.79 Å². The van der Waals surface area contributed by atoms with E-state index in [0.29, 0.717) is 39.9 Å². The molecule has 7 heteroatoms. The summed E-state index contributed by atoms with van der Waals surface area (Å²) in [5.41, 5.74) is 3.27. The third kappa shape index (κ3) is 4.20. The minimum atomic E-state index is -0.570. The molecule has 2 aliphatic rings. The second-order valence-corrected chi connectivity index (χ2v) is 8.16. The molecule has 1 aliphatic heterocycles. The number of dihydropyridines is 1. The van der Waals surface area contributed by atoms with Crippen LogP contribution in [0, 0.1) is 0 Å². The van der Waals surface area contributed by atoms with Crippen molar-refractivity contribution in [1.29, 1.82) is 0 Å². The fourth-order valence-corrected chi connectivity index (χ4v) is 4.35. The van der Waals surface area contributed by atoms with Crippen LogP contribution in [0.2, 0.25) is 0 Å². The van der Waals surface area contributed by atoms with Gasteiger partial charge in [0.05, 0.1) is 23.8 Å². The number of ether oxygens (including phenoxy) is 2. The molecule has 1 unspecified atom stereocenters. The molecular weight excluding hydrogens is 438 g/mol. The Morgan fingerprint density at radius 3 is 2.79 bits per heavy atom. The molecule has 1 aromatic carbocycles. The summed E-state index contributed by atoms with van der Waals surface area (Å²) >= 11 is 3.35. The average molecular weight is 464 g/mol. The van der Waals surface area contributed by atoms with Crippen LogP contribution in [-0.4, -0.2) is 30.6 Å². The van der Waals surface area contributed by atoms with Crippen LogP contribution in [0.5, 0.6) is 11.5 Å². The Hall–Kier alpha value is -2.28. The van der Waals surface area contributed by atoms with E-state index < -0.39 is 11.9 Å². The van der Waals surface area contributed by atoms with Gasteiger partial charge in [-0.25, -0.2) is 4.79 Å². The first-order chi connectivity index (χ1) is 13.9. The van der Waals surface area contributed by atoms with E-state index in [-0.39, 0.29) is 17.3 Å². The summed E-state index contributed by atoms with van der Waals surface area (Å²) in [6.45, 7) is 4.20. The highest BCUT2D eigenvalue weighted by Crippen LogP contribution is 2.46. The van der Waals surface area contributed by atoms with Gasteiger partial charge in [0.15, 0.2) is 17.3 Å². The van der Waals surface area contributed by atoms with E-state index in [1.165, 1.54) is 7.11 Å². The van der Waals surface area contributed by atoms with E-state index >= 15 is 0 Å². The van der Waals surface area contributed by atoms with E-state index in [0.717, 1.165) is 31.4 Å². The first-order valence-electron chi connectivity index (χ1n) is 9.86. The van der Waals surface area contributed by atoms with Crippen molar-refractivity contribution >= 4 is 27.7 Å². The van der Waals surface area contributed by atoms with Gasteiger partial charge in [-0.2, -0.15) is 0 Å². The van der Waals surface area contributed by atoms with E-state index in [1.807, 2.05) is 13.8 Å². The van der Waals surface area contributed by atoms with Crippen molar-refractivity contribution in [3.63, 3.8) is 0 Å². The van der Waals surface area contributed by atoms with Gasteiger partial charge in [-0.15, -0.1) is 0 Å². The molecule has 1 aliphatic carbocycles. The molecular formula is C22H26BrNO5. The number of methoxy groups -OCH3 is 1. The van der Waals surface area contributed by atoms with Gasteiger partial charge in [0.2, 0.25) is 0 Å². The summed E-state index contributed by atoms with van der Waals surface area (Å²) in [5, 5.41) is 13.5. The summed E-state index contributed by atoms with van der Waals surface area (Å²) in [6.07, 6.45) is 3.68. The average Bonchev–Trinajstić information content (AvgIpc) is 2.69. The van der Waals surface area contributed by atoms with Crippen molar-refractivity contribution in [3.8, 4) is 11.5 Å². The molecule has 6 nitrogen and oxygen atoms in total.